The van der Waals surface area contributed by atoms with E-state index in [4.69, 9.17) is 14.2 Å². The standard InChI is InChI=1S/C19H30O5/c1-12(2)9-22-16-7-15(19(20)21)8-17(23-10-13(3)4)18(16)24-11-14(5)6/h7-8,12-14H,9-11H2,1-6H3,(H,20,21). The Kier molecular flexibility index (Phi) is 7.89. The van der Waals surface area contributed by atoms with Crippen molar-refractivity contribution in [1.29, 1.82) is 0 Å². The van der Waals surface area contributed by atoms with E-state index in [0.717, 1.165) is 0 Å². The number of carboxylic acid groups (broad SMARTS) is 1. The maximum atomic E-state index is 11.4. The molecule has 0 amide bonds. The van der Waals surface area contributed by atoms with Gasteiger partial charge in [-0.1, -0.05) is 41.5 Å². The molecule has 0 heterocycles. The minimum Gasteiger partial charge on any atom is -0.489 e. The molecule has 0 fully saturated rings. The Hall–Kier alpha value is -1.91. The van der Waals surface area contributed by atoms with Gasteiger partial charge in [0.15, 0.2) is 11.5 Å². The first-order chi connectivity index (χ1) is 11.2. The van der Waals surface area contributed by atoms with E-state index in [2.05, 4.69) is 13.8 Å². The molecule has 0 aliphatic carbocycles. The van der Waals surface area contributed by atoms with Crippen LogP contribution in [0.2, 0.25) is 0 Å². The first-order valence-electron chi connectivity index (χ1n) is 8.50. The van der Waals surface area contributed by atoms with Gasteiger partial charge in [-0.05, 0) is 29.9 Å². The van der Waals surface area contributed by atoms with E-state index >= 15 is 0 Å². The Morgan fingerprint density at radius 1 is 0.833 bits per heavy atom. The van der Waals surface area contributed by atoms with Crippen LogP contribution in [-0.4, -0.2) is 30.9 Å². The van der Waals surface area contributed by atoms with Gasteiger partial charge in [0.2, 0.25) is 5.75 Å². The molecule has 0 aromatic heterocycles. The summed E-state index contributed by atoms with van der Waals surface area (Å²) in [6.45, 7) is 13.7. The number of aromatic carboxylic acids is 1. The van der Waals surface area contributed by atoms with Gasteiger partial charge in [0, 0.05) is 0 Å². The van der Waals surface area contributed by atoms with Crippen molar-refractivity contribution in [3.8, 4) is 17.2 Å². The van der Waals surface area contributed by atoms with Gasteiger partial charge < -0.3 is 19.3 Å². The number of carbonyl (C=O) groups is 1. The molecule has 0 spiro atoms. The van der Waals surface area contributed by atoms with Gasteiger partial charge >= 0.3 is 5.97 Å². The van der Waals surface area contributed by atoms with Crippen LogP contribution >= 0.6 is 0 Å². The smallest absolute Gasteiger partial charge is 0.335 e. The SMILES string of the molecule is CC(C)COc1cc(C(=O)O)cc(OCC(C)C)c1OCC(C)C. The number of hydrogen-bond donors (Lipinski definition) is 1. The van der Waals surface area contributed by atoms with Gasteiger partial charge in [-0.3, -0.25) is 0 Å². The minimum absolute atomic E-state index is 0.129. The Labute approximate surface area is 144 Å². The zero-order chi connectivity index (χ0) is 18.3. The normalized spacial score (nSPS) is 11.2. The second kappa shape index (κ2) is 9.40. The van der Waals surface area contributed by atoms with Crippen LogP contribution in [0.3, 0.4) is 0 Å². The maximum Gasteiger partial charge on any atom is 0.335 e. The van der Waals surface area contributed by atoms with Gasteiger partial charge in [0.25, 0.3) is 0 Å². The molecule has 0 saturated carbocycles. The van der Waals surface area contributed by atoms with E-state index in [1.54, 1.807) is 0 Å². The number of ether oxygens (including phenoxy) is 3. The van der Waals surface area contributed by atoms with Crippen molar-refractivity contribution in [3.05, 3.63) is 17.7 Å². The van der Waals surface area contributed by atoms with Crippen LogP contribution < -0.4 is 14.2 Å². The number of benzene rings is 1. The molecule has 0 bridgehead atoms. The van der Waals surface area contributed by atoms with Gasteiger partial charge in [-0.15, -0.1) is 0 Å². The highest BCUT2D eigenvalue weighted by atomic mass is 16.5. The first kappa shape index (κ1) is 20.1. The number of carboxylic acids is 1. The highest BCUT2D eigenvalue weighted by Gasteiger charge is 2.19. The lowest BCUT2D eigenvalue weighted by atomic mass is 10.1. The second-order valence-corrected chi connectivity index (χ2v) is 7.22. The summed E-state index contributed by atoms with van der Waals surface area (Å²) in [5.41, 5.74) is 0.129. The lowest BCUT2D eigenvalue weighted by Gasteiger charge is -2.20. The van der Waals surface area contributed by atoms with E-state index in [1.165, 1.54) is 12.1 Å². The van der Waals surface area contributed by atoms with Crippen molar-refractivity contribution >= 4 is 5.97 Å². The molecule has 0 aliphatic heterocycles. The zero-order valence-electron chi connectivity index (χ0n) is 15.6. The van der Waals surface area contributed by atoms with E-state index < -0.39 is 5.97 Å². The average molecular weight is 338 g/mol. The fourth-order valence-electron chi connectivity index (χ4n) is 1.82. The summed E-state index contributed by atoms with van der Waals surface area (Å²) in [7, 11) is 0. The van der Waals surface area contributed by atoms with Crippen molar-refractivity contribution in [3.63, 3.8) is 0 Å². The van der Waals surface area contributed by atoms with Crippen LogP contribution in [0.4, 0.5) is 0 Å². The third-order valence-corrected chi connectivity index (χ3v) is 2.97. The molecule has 0 radical (unpaired) electrons. The third-order valence-electron chi connectivity index (χ3n) is 2.97. The monoisotopic (exact) mass is 338 g/mol. The van der Waals surface area contributed by atoms with Crippen molar-refractivity contribution in [2.45, 2.75) is 41.5 Å². The Morgan fingerprint density at radius 3 is 1.54 bits per heavy atom. The van der Waals surface area contributed by atoms with Crippen molar-refractivity contribution in [2.24, 2.45) is 17.8 Å². The Bertz CT molecular complexity index is 502. The van der Waals surface area contributed by atoms with Gasteiger partial charge in [-0.2, -0.15) is 0 Å². The van der Waals surface area contributed by atoms with Crippen LogP contribution in [0, 0.1) is 17.8 Å². The molecule has 0 aliphatic rings. The molecular weight excluding hydrogens is 308 g/mol. The van der Waals surface area contributed by atoms with Crippen LogP contribution in [0.1, 0.15) is 51.9 Å². The zero-order valence-corrected chi connectivity index (χ0v) is 15.6. The topological polar surface area (TPSA) is 65.0 Å². The lowest BCUT2D eigenvalue weighted by molar-refractivity contribution is 0.0695. The Balaban J connectivity index is 3.23. The highest BCUT2D eigenvalue weighted by molar-refractivity contribution is 5.89. The van der Waals surface area contributed by atoms with E-state index in [-0.39, 0.29) is 5.56 Å². The maximum absolute atomic E-state index is 11.4. The summed E-state index contributed by atoms with van der Waals surface area (Å²) in [6.07, 6.45) is 0. The second-order valence-electron chi connectivity index (χ2n) is 7.22. The highest BCUT2D eigenvalue weighted by Crippen LogP contribution is 2.39. The summed E-state index contributed by atoms with van der Waals surface area (Å²) < 4.78 is 17.5. The summed E-state index contributed by atoms with van der Waals surface area (Å²) >= 11 is 0. The molecule has 1 rings (SSSR count). The number of hydrogen-bond acceptors (Lipinski definition) is 4. The fraction of sp³-hybridized carbons (Fsp3) is 0.632. The largest absolute Gasteiger partial charge is 0.489 e. The quantitative estimate of drug-likeness (QED) is 0.681. The molecule has 1 aromatic rings. The number of rotatable bonds is 10. The summed E-state index contributed by atoms with van der Waals surface area (Å²) in [4.78, 5) is 11.4. The molecule has 0 atom stereocenters. The summed E-state index contributed by atoms with van der Waals surface area (Å²) in [5, 5.41) is 9.35. The van der Waals surface area contributed by atoms with E-state index in [1.807, 2.05) is 27.7 Å². The first-order valence-corrected chi connectivity index (χ1v) is 8.50. The van der Waals surface area contributed by atoms with Gasteiger partial charge in [0.1, 0.15) is 0 Å². The molecule has 0 saturated heterocycles. The predicted molar refractivity (Wildman–Crippen MR) is 94.4 cm³/mol. The van der Waals surface area contributed by atoms with Gasteiger partial charge in [-0.25, -0.2) is 4.79 Å². The van der Waals surface area contributed by atoms with Crippen LogP contribution in [0.15, 0.2) is 12.1 Å². The molecule has 5 heteroatoms. The molecular formula is C19H30O5. The van der Waals surface area contributed by atoms with Crippen LogP contribution in [0.5, 0.6) is 17.2 Å². The summed E-state index contributed by atoms with van der Waals surface area (Å²) in [5.74, 6) is 1.27. The van der Waals surface area contributed by atoms with Crippen LogP contribution in [-0.2, 0) is 0 Å². The average Bonchev–Trinajstić information content (AvgIpc) is 2.48. The lowest BCUT2D eigenvalue weighted by Crippen LogP contribution is -2.13. The molecule has 136 valence electrons. The molecule has 24 heavy (non-hydrogen) atoms. The third kappa shape index (κ3) is 6.69. The van der Waals surface area contributed by atoms with E-state index in [0.29, 0.717) is 54.8 Å². The fourth-order valence-corrected chi connectivity index (χ4v) is 1.82. The van der Waals surface area contributed by atoms with Crippen molar-refractivity contribution < 1.29 is 24.1 Å². The summed E-state index contributed by atoms with van der Waals surface area (Å²) in [6, 6.07) is 3.01. The molecule has 1 N–H and O–H groups in total. The van der Waals surface area contributed by atoms with Crippen molar-refractivity contribution in [1.82, 2.24) is 0 Å². The predicted octanol–water partition coefficient (Wildman–Crippen LogP) is 4.49. The Morgan fingerprint density at radius 2 is 1.21 bits per heavy atom. The molecule has 5 nitrogen and oxygen atoms in total. The van der Waals surface area contributed by atoms with Crippen LogP contribution in [0.25, 0.3) is 0 Å². The van der Waals surface area contributed by atoms with Gasteiger partial charge in [0.05, 0.1) is 25.4 Å². The van der Waals surface area contributed by atoms with E-state index in [9.17, 15) is 9.90 Å². The van der Waals surface area contributed by atoms with Crippen molar-refractivity contribution in [2.75, 3.05) is 19.8 Å². The molecule has 0 unspecified atom stereocenters. The molecule has 1 aromatic carbocycles. The minimum atomic E-state index is -1.02.